The van der Waals surface area contributed by atoms with E-state index in [-0.39, 0.29) is 10.8 Å². The lowest BCUT2D eigenvalue weighted by Crippen LogP contribution is -2.23. The Labute approximate surface area is 74.4 Å². The summed E-state index contributed by atoms with van der Waals surface area (Å²) in [6, 6.07) is -0.641. The molecule has 1 aliphatic rings. The maximum absolute atomic E-state index is 10.6. The molecule has 0 aliphatic heterocycles. The van der Waals surface area contributed by atoms with Crippen LogP contribution in [0.15, 0.2) is 12.2 Å². The number of hydrogen-bond donors (Lipinski definition) is 0. The first-order valence-corrected chi connectivity index (χ1v) is 4.00. The summed E-state index contributed by atoms with van der Waals surface area (Å²) >= 11 is 5.22. The van der Waals surface area contributed by atoms with Crippen molar-refractivity contribution in [2.45, 2.75) is 18.9 Å². The van der Waals surface area contributed by atoms with Crippen LogP contribution in [-0.4, -0.2) is 16.2 Å². The highest BCUT2D eigenvalue weighted by Crippen LogP contribution is 2.20. The monoisotopic (exact) mass is 189 g/mol. The topological polar surface area (TPSA) is 60.2 Å². The molecule has 0 fully saturated rings. The van der Waals surface area contributed by atoms with Gasteiger partial charge in [-0.3, -0.25) is 14.9 Å². The third kappa shape index (κ3) is 2.04. The molecule has 0 spiro atoms. The van der Waals surface area contributed by atoms with Crippen LogP contribution in [-0.2, 0) is 4.79 Å². The van der Waals surface area contributed by atoms with E-state index in [0.29, 0.717) is 12.8 Å². The number of carbonyl (C=O) groups is 1. The average Bonchev–Trinajstić information content (AvgIpc) is 2.04. The second-order valence-electron chi connectivity index (χ2n) is 2.73. The average molecular weight is 190 g/mol. The Kier molecular flexibility index (Phi) is 2.81. The van der Waals surface area contributed by atoms with E-state index in [9.17, 15) is 14.9 Å². The minimum absolute atomic E-state index is 0.331. The lowest BCUT2D eigenvalue weighted by molar-refractivity contribution is -0.511. The lowest BCUT2D eigenvalue weighted by atomic mass is 9.94. The molecule has 0 bridgehead atoms. The summed E-state index contributed by atoms with van der Waals surface area (Å²) in [5, 5.41) is 9.83. The Morgan fingerprint density at radius 3 is 2.50 bits per heavy atom. The molecule has 0 N–H and O–H groups in total. The van der Waals surface area contributed by atoms with E-state index in [4.69, 9.17) is 11.6 Å². The molecule has 0 radical (unpaired) electrons. The molecule has 12 heavy (non-hydrogen) atoms. The molecule has 1 rings (SSSR count). The summed E-state index contributed by atoms with van der Waals surface area (Å²) in [5.74, 6) is -0.331. The van der Waals surface area contributed by atoms with Gasteiger partial charge < -0.3 is 0 Å². The van der Waals surface area contributed by atoms with Gasteiger partial charge >= 0.3 is 0 Å². The molecule has 0 heterocycles. The zero-order valence-electron chi connectivity index (χ0n) is 6.27. The maximum atomic E-state index is 10.6. The van der Waals surface area contributed by atoms with E-state index in [0.717, 1.165) is 0 Å². The molecule has 0 aromatic rings. The molecule has 2 atom stereocenters. The molecule has 1 aliphatic carbocycles. The van der Waals surface area contributed by atoms with Gasteiger partial charge in [0.25, 0.3) is 0 Å². The Balaban J connectivity index is 2.59. The fraction of sp³-hybridized carbons (Fsp3) is 0.571. The van der Waals surface area contributed by atoms with Gasteiger partial charge in [0.15, 0.2) is 0 Å². The molecule has 4 nitrogen and oxygen atoms in total. The summed E-state index contributed by atoms with van der Waals surface area (Å²) < 4.78 is 0. The van der Waals surface area contributed by atoms with Crippen molar-refractivity contribution < 1.29 is 9.72 Å². The number of allylic oxidation sites excluding steroid dienone is 1. The van der Waals surface area contributed by atoms with Crippen LogP contribution < -0.4 is 0 Å². The highest BCUT2D eigenvalue weighted by molar-refractivity contribution is 6.64. The summed E-state index contributed by atoms with van der Waals surface area (Å²) in [7, 11) is 0. The minimum Gasteiger partial charge on any atom is -0.281 e. The van der Waals surface area contributed by atoms with Gasteiger partial charge in [0.1, 0.15) is 0 Å². The van der Waals surface area contributed by atoms with Crippen LogP contribution in [0.4, 0.5) is 0 Å². The van der Waals surface area contributed by atoms with Gasteiger partial charge in [-0.2, -0.15) is 0 Å². The number of halogens is 1. The van der Waals surface area contributed by atoms with E-state index in [1.54, 1.807) is 0 Å². The lowest BCUT2D eigenvalue weighted by Gasteiger charge is -2.14. The largest absolute Gasteiger partial charge is 0.281 e. The smallest absolute Gasteiger partial charge is 0.231 e. The third-order valence-corrected chi connectivity index (χ3v) is 2.18. The van der Waals surface area contributed by atoms with Gasteiger partial charge in [-0.05, 0) is 24.1 Å². The van der Waals surface area contributed by atoms with Crippen LogP contribution in [0.5, 0.6) is 0 Å². The van der Waals surface area contributed by atoms with Crippen molar-refractivity contribution in [1.82, 2.24) is 0 Å². The molecule has 0 aromatic heterocycles. The first-order valence-electron chi connectivity index (χ1n) is 3.62. The van der Waals surface area contributed by atoms with Crippen LogP contribution in [0.1, 0.15) is 12.8 Å². The Morgan fingerprint density at radius 1 is 1.50 bits per heavy atom. The van der Waals surface area contributed by atoms with Crippen LogP contribution in [0, 0.1) is 16.0 Å². The number of hydrogen-bond acceptors (Lipinski definition) is 3. The van der Waals surface area contributed by atoms with E-state index >= 15 is 0 Å². The Hall–Kier alpha value is -0.900. The fourth-order valence-electron chi connectivity index (χ4n) is 1.17. The molecule has 1 unspecified atom stereocenters. The highest BCUT2D eigenvalue weighted by atomic mass is 35.5. The summed E-state index contributed by atoms with van der Waals surface area (Å²) in [6.45, 7) is 0. The van der Waals surface area contributed by atoms with Gasteiger partial charge in [-0.15, -0.1) is 0 Å². The van der Waals surface area contributed by atoms with Crippen LogP contribution in [0.2, 0.25) is 0 Å². The SMILES string of the molecule is O=C(Cl)C1C=C[C@H]([N+](=O)[O-])CC1. The van der Waals surface area contributed by atoms with E-state index in [2.05, 4.69) is 0 Å². The van der Waals surface area contributed by atoms with Crippen molar-refractivity contribution in [3.63, 3.8) is 0 Å². The predicted octanol–water partition coefficient (Wildman–Crippen LogP) is 1.36. The number of carbonyl (C=O) groups excluding carboxylic acids is 1. The number of nitrogens with zero attached hydrogens (tertiary/aromatic N) is 1. The highest BCUT2D eigenvalue weighted by Gasteiger charge is 2.25. The molecule has 0 saturated heterocycles. The van der Waals surface area contributed by atoms with Crippen LogP contribution in [0.3, 0.4) is 0 Å². The van der Waals surface area contributed by atoms with E-state index in [1.807, 2.05) is 0 Å². The molecule has 0 amide bonds. The van der Waals surface area contributed by atoms with Gasteiger partial charge in [0, 0.05) is 11.3 Å². The fourth-order valence-corrected chi connectivity index (χ4v) is 1.35. The molecule has 66 valence electrons. The van der Waals surface area contributed by atoms with Crippen molar-refractivity contribution >= 4 is 16.8 Å². The maximum Gasteiger partial charge on any atom is 0.231 e. The van der Waals surface area contributed by atoms with Gasteiger partial charge in [-0.25, -0.2) is 0 Å². The van der Waals surface area contributed by atoms with Gasteiger partial charge in [-0.1, -0.05) is 6.08 Å². The quantitative estimate of drug-likeness (QED) is 0.285. The van der Waals surface area contributed by atoms with Crippen molar-refractivity contribution in [3.8, 4) is 0 Å². The first-order chi connectivity index (χ1) is 5.61. The van der Waals surface area contributed by atoms with E-state index in [1.165, 1.54) is 12.2 Å². The van der Waals surface area contributed by atoms with Gasteiger partial charge in [0.2, 0.25) is 11.3 Å². The Morgan fingerprint density at radius 2 is 2.17 bits per heavy atom. The van der Waals surface area contributed by atoms with Crippen LogP contribution >= 0.6 is 11.6 Å². The van der Waals surface area contributed by atoms with Crippen molar-refractivity contribution in [2.75, 3.05) is 0 Å². The molecular formula is C7H8ClNO3. The number of nitro groups is 1. The third-order valence-electron chi connectivity index (χ3n) is 1.90. The zero-order chi connectivity index (χ0) is 9.14. The second kappa shape index (κ2) is 3.67. The minimum atomic E-state index is -0.641. The Bertz CT molecular complexity index is 215. The summed E-state index contributed by atoms with van der Waals surface area (Å²) in [4.78, 5) is 20.5. The molecule has 5 heteroatoms. The second-order valence-corrected chi connectivity index (χ2v) is 3.10. The standard InChI is InChI=1S/C7H8ClNO3/c8-7(10)5-1-3-6(4-2-5)9(11)12/h1,3,5-6H,2,4H2/t5?,6-/m0/s1. The molecular weight excluding hydrogens is 182 g/mol. The normalized spacial score (nSPS) is 28.4. The molecule has 0 saturated carbocycles. The van der Waals surface area contributed by atoms with Crippen molar-refractivity contribution in [3.05, 3.63) is 22.3 Å². The zero-order valence-corrected chi connectivity index (χ0v) is 7.03. The van der Waals surface area contributed by atoms with Crippen molar-refractivity contribution in [2.24, 2.45) is 5.92 Å². The van der Waals surface area contributed by atoms with Gasteiger partial charge in [0.05, 0.1) is 5.92 Å². The van der Waals surface area contributed by atoms with Crippen LogP contribution in [0.25, 0.3) is 0 Å². The van der Waals surface area contributed by atoms with E-state index < -0.39 is 11.3 Å². The first kappa shape index (κ1) is 9.19. The summed E-state index contributed by atoms with van der Waals surface area (Å²) in [5.41, 5.74) is 0. The van der Waals surface area contributed by atoms with Crippen molar-refractivity contribution in [1.29, 1.82) is 0 Å². The summed E-state index contributed by atoms with van der Waals surface area (Å²) in [6.07, 6.45) is 3.83. The number of rotatable bonds is 2. The predicted molar refractivity (Wildman–Crippen MR) is 43.5 cm³/mol. The molecule has 0 aromatic carbocycles.